The van der Waals surface area contributed by atoms with Crippen LogP contribution < -0.4 is 0 Å². The Kier molecular flexibility index (Phi) is 2.77. The molecule has 1 aromatic carbocycles. The number of aromatic nitrogens is 1. The number of likely N-dealkylation sites (N-methyl/N-ethyl adjacent to an activating group) is 1. The van der Waals surface area contributed by atoms with Crippen molar-refractivity contribution in [2.24, 2.45) is 0 Å². The van der Waals surface area contributed by atoms with Crippen LogP contribution in [-0.2, 0) is 11.3 Å². The first-order valence-electron chi connectivity index (χ1n) is 5.15. The lowest BCUT2D eigenvalue weighted by Gasteiger charge is -2.14. The van der Waals surface area contributed by atoms with Crippen LogP contribution in [0, 0.1) is 0 Å². The highest BCUT2D eigenvalue weighted by Crippen LogP contribution is 2.18. The third kappa shape index (κ3) is 1.84. The van der Waals surface area contributed by atoms with Crippen molar-refractivity contribution < 1.29 is 4.79 Å². The molecule has 82 valence electrons. The normalized spacial score (nSPS) is 10.3. The molecule has 0 bridgehead atoms. The number of carbonyl (C=O) groups is 1. The van der Waals surface area contributed by atoms with Gasteiger partial charge in [0.1, 0.15) is 0 Å². The molecule has 0 aliphatic heterocycles. The molecule has 0 saturated heterocycles. The Morgan fingerprint density at radius 2 is 2.25 bits per heavy atom. The molecule has 0 aliphatic carbocycles. The molecular weight excluding hydrogens is 200 g/mol. The van der Waals surface area contributed by atoms with Crippen LogP contribution in [0.3, 0.4) is 0 Å². The molecule has 3 heteroatoms. The Labute approximate surface area is 94.4 Å². The highest BCUT2D eigenvalue weighted by atomic mass is 16.2. The number of rotatable bonds is 3. The third-order valence-corrected chi connectivity index (χ3v) is 2.63. The van der Waals surface area contributed by atoms with E-state index in [1.807, 2.05) is 30.5 Å². The lowest BCUT2D eigenvalue weighted by molar-refractivity contribution is -0.125. The molecule has 2 aromatic rings. The summed E-state index contributed by atoms with van der Waals surface area (Å²) in [4.78, 5) is 16.2. The highest BCUT2D eigenvalue weighted by Gasteiger charge is 2.08. The Morgan fingerprint density at radius 3 is 3.00 bits per heavy atom. The molecule has 0 fully saturated rings. The predicted molar refractivity (Wildman–Crippen MR) is 65.0 cm³/mol. The van der Waals surface area contributed by atoms with Crippen molar-refractivity contribution in [1.82, 2.24) is 9.88 Å². The fourth-order valence-electron chi connectivity index (χ4n) is 1.75. The van der Waals surface area contributed by atoms with Crippen molar-refractivity contribution in [3.05, 3.63) is 48.7 Å². The fraction of sp³-hybridized carbons (Fsp3) is 0.154. The summed E-state index contributed by atoms with van der Waals surface area (Å²) in [6, 6.07) is 8.05. The van der Waals surface area contributed by atoms with E-state index < -0.39 is 0 Å². The maximum atomic E-state index is 11.4. The second kappa shape index (κ2) is 4.23. The molecule has 0 atom stereocenters. The molecule has 1 amide bonds. The summed E-state index contributed by atoms with van der Waals surface area (Å²) in [5, 5.41) is 1.16. The number of aromatic amines is 1. The number of hydrogen-bond donors (Lipinski definition) is 1. The number of hydrogen-bond acceptors (Lipinski definition) is 1. The van der Waals surface area contributed by atoms with Crippen LogP contribution in [-0.4, -0.2) is 22.8 Å². The maximum absolute atomic E-state index is 11.4. The van der Waals surface area contributed by atoms with Crippen LogP contribution in [0.25, 0.3) is 10.9 Å². The number of carbonyl (C=O) groups excluding carboxylic acids is 1. The fourth-order valence-corrected chi connectivity index (χ4v) is 1.75. The van der Waals surface area contributed by atoms with Crippen LogP contribution in [0.15, 0.2) is 43.1 Å². The molecule has 1 N–H and O–H groups in total. The first-order chi connectivity index (χ1) is 7.72. The van der Waals surface area contributed by atoms with Gasteiger partial charge in [-0.1, -0.05) is 24.8 Å². The molecule has 2 rings (SSSR count). The van der Waals surface area contributed by atoms with E-state index in [2.05, 4.69) is 11.6 Å². The molecule has 3 nitrogen and oxygen atoms in total. The van der Waals surface area contributed by atoms with Crippen LogP contribution >= 0.6 is 0 Å². The topological polar surface area (TPSA) is 36.1 Å². The molecular formula is C13H14N2O. The molecule has 1 heterocycles. The number of fused-ring (bicyclic) bond motifs is 1. The largest absolute Gasteiger partial charge is 0.361 e. The van der Waals surface area contributed by atoms with Gasteiger partial charge < -0.3 is 9.88 Å². The van der Waals surface area contributed by atoms with Crippen molar-refractivity contribution in [3.8, 4) is 0 Å². The third-order valence-electron chi connectivity index (χ3n) is 2.63. The minimum absolute atomic E-state index is 0.0646. The number of nitrogens with zero attached hydrogens (tertiary/aromatic N) is 1. The van der Waals surface area contributed by atoms with Gasteiger partial charge in [0, 0.05) is 30.7 Å². The van der Waals surface area contributed by atoms with Gasteiger partial charge in [0.15, 0.2) is 0 Å². The van der Waals surface area contributed by atoms with Crippen molar-refractivity contribution in [2.45, 2.75) is 6.54 Å². The summed E-state index contributed by atoms with van der Waals surface area (Å²) < 4.78 is 0. The average Bonchev–Trinajstić information content (AvgIpc) is 2.72. The molecule has 0 spiro atoms. The lowest BCUT2D eigenvalue weighted by atomic mass is 10.1. The summed E-state index contributed by atoms with van der Waals surface area (Å²) in [6.07, 6.45) is 3.27. The summed E-state index contributed by atoms with van der Waals surface area (Å²) in [6.45, 7) is 4.07. The Bertz CT molecular complexity index is 527. The van der Waals surface area contributed by atoms with E-state index in [1.165, 1.54) is 6.08 Å². The summed E-state index contributed by atoms with van der Waals surface area (Å²) in [5.41, 5.74) is 2.21. The summed E-state index contributed by atoms with van der Waals surface area (Å²) in [5.74, 6) is -0.0646. The van der Waals surface area contributed by atoms with E-state index in [0.717, 1.165) is 16.5 Å². The number of H-pyrrole nitrogens is 1. The van der Waals surface area contributed by atoms with Crippen LogP contribution in [0.2, 0.25) is 0 Å². The van der Waals surface area contributed by atoms with Gasteiger partial charge in [-0.2, -0.15) is 0 Å². The standard InChI is InChI=1S/C13H14N2O/c1-3-13(16)15(2)9-10-8-14-12-7-5-4-6-11(10)12/h3-8,14H,1,9H2,2H3. The summed E-state index contributed by atoms with van der Waals surface area (Å²) in [7, 11) is 1.77. The van der Waals surface area contributed by atoms with Gasteiger partial charge in [-0.05, 0) is 17.7 Å². The first-order valence-corrected chi connectivity index (χ1v) is 5.15. The zero-order valence-corrected chi connectivity index (χ0v) is 9.23. The van der Waals surface area contributed by atoms with Crippen LogP contribution in [0.1, 0.15) is 5.56 Å². The average molecular weight is 214 g/mol. The van der Waals surface area contributed by atoms with Gasteiger partial charge in [-0.15, -0.1) is 0 Å². The maximum Gasteiger partial charge on any atom is 0.245 e. The number of amides is 1. The summed E-state index contributed by atoms with van der Waals surface area (Å²) >= 11 is 0. The zero-order valence-electron chi connectivity index (χ0n) is 9.23. The van der Waals surface area contributed by atoms with Crippen molar-refractivity contribution >= 4 is 16.8 Å². The molecule has 1 aromatic heterocycles. The van der Waals surface area contributed by atoms with Crippen LogP contribution in [0.5, 0.6) is 0 Å². The van der Waals surface area contributed by atoms with E-state index >= 15 is 0 Å². The van der Waals surface area contributed by atoms with Gasteiger partial charge >= 0.3 is 0 Å². The van der Waals surface area contributed by atoms with Gasteiger partial charge in [-0.25, -0.2) is 0 Å². The zero-order chi connectivity index (χ0) is 11.5. The van der Waals surface area contributed by atoms with Crippen molar-refractivity contribution in [2.75, 3.05) is 7.05 Å². The first kappa shape index (κ1) is 10.5. The van der Waals surface area contributed by atoms with Crippen molar-refractivity contribution in [3.63, 3.8) is 0 Å². The molecule has 0 aliphatic rings. The minimum Gasteiger partial charge on any atom is -0.361 e. The molecule has 0 saturated carbocycles. The quantitative estimate of drug-likeness (QED) is 0.782. The highest BCUT2D eigenvalue weighted by molar-refractivity contribution is 5.88. The lowest BCUT2D eigenvalue weighted by Crippen LogP contribution is -2.23. The minimum atomic E-state index is -0.0646. The van der Waals surface area contributed by atoms with E-state index in [-0.39, 0.29) is 5.91 Å². The predicted octanol–water partition coefficient (Wildman–Crippen LogP) is 2.31. The number of nitrogens with one attached hydrogen (secondary N) is 1. The molecule has 0 unspecified atom stereocenters. The Morgan fingerprint density at radius 1 is 1.50 bits per heavy atom. The van der Waals surface area contributed by atoms with Crippen LogP contribution in [0.4, 0.5) is 0 Å². The second-order valence-corrected chi connectivity index (χ2v) is 3.76. The Hall–Kier alpha value is -2.03. The molecule has 16 heavy (non-hydrogen) atoms. The van der Waals surface area contributed by atoms with E-state index in [0.29, 0.717) is 6.54 Å². The Balaban J connectivity index is 2.28. The number of benzene rings is 1. The molecule has 0 radical (unpaired) electrons. The SMILES string of the molecule is C=CC(=O)N(C)Cc1c[nH]c2ccccc12. The van der Waals surface area contributed by atoms with Gasteiger partial charge in [0.05, 0.1) is 0 Å². The van der Waals surface area contributed by atoms with E-state index in [9.17, 15) is 4.79 Å². The monoisotopic (exact) mass is 214 g/mol. The van der Waals surface area contributed by atoms with E-state index in [4.69, 9.17) is 0 Å². The smallest absolute Gasteiger partial charge is 0.245 e. The van der Waals surface area contributed by atoms with Gasteiger partial charge in [0.2, 0.25) is 5.91 Å². The van der Waals surface area contributed by atoms with Gasteiger partial charge in [-0.3, -0.25) is 4.79 Å². The van der Waals surface area contributed by atoms with Crippen molar-refractivity contribution in [1.29, 1.82) is 0 Å². The number of para-hydroxylation sites is 1. The van der Waals surface area contributed by atoms with Gasteiger partial charge in [0.25, 0.3) is 0 Å². The van der Waals surface area contributed by atoms with E-state index in [1.54, 1.807) is 11.9 Å². The second-order valence-electron chi connectivity index (χ2n) is 3.76.